The van der Waals surface area contributed by atoms with E-state index in [9.17, 15) is 9.90 Å². The number of rotatable bonds is 1. The molecule has 13 heavy (non-hydrogen) atoms. The standard InChI is InChI=1S/C8H15NO3.ClH/c1-7(2,3)12-6(10)8(11)4-9-5-8;/h9,11H,4-5H2,1-3H3;1H. The zero-order valence-electron chi connectivity index (χ0n) is 8.09. The van der Waals surface area contributed by atoms with Crippen LogP contribution >= 0.6 is 12.4 Å². The van der Waals surface area contributed by atoms with Crippen LogP contribution in [-0.2, 0) is 9.53 Å². The molecule has 0 unspecified atom stereocenters. The van der Waals surface area contributed by atoms with Crippen LogP contribution in [0.25, 0.3) is 0 Å². The summed E-state index contributed by atoms with van der Waals surface area (Å²) in [6, 6.07) is 0. The van der Waals surface area contributed by atoms with Crippen molar-refractivity contribution in [3.63, 3.8) is 0 Å². The molecule has 0 radical (unpaired) electrons. The van der Waals surface area contributed by atoms with Crippen molar-refractivity contribution in [2.24, 2.45) is 0 Å². The molecule has 2 N–H and O–H groups in total. The van der Waals surface area contributed by atoms with E-state index in [4.69, 9.17) is 4.74 Å². The van der Waals surface area contributed by atoms with Gasteiger partial charge in [-0.1, -0.05) is 0 Å². The monoisotopic (exact) mass is 209 g/mol. The summed E-state index contributed by atoms with van der Waals surface area (Å²) in [7, 11) is 0. The summed E-state index contributed by atoms with van der Waals surface area (Å²) in [5, 5.41) is 12.3. The maximum absolute atomic E-state index is 11.3. The predicted molar refractivity (Wildman–Crippen MR) is 50.9 cm³/mol. The summed E-state index contributed by atoms with van der Waals surface area (Å²) >= 11 is 0. The Bertz CT molecular complexity index is 196. The van der Waals surface area contributed by atoms with Crippen LogP contribution in [0.3, 0.4) is 0 Å². The average Bonchev–Trinajstić information content (AvgIpc) is 1.78. The van der Waals surface area contributed by atoms with Crippen LogP contribution in [0.4, 0.5) is 0 Å². The number of halogens is 1. The molecule has 0 aromatic heterocycles. The van der Waals surface area contributed by atoms with Crippen LogP contribution in [0, 0.1) is 0 Å². The Kier molecular flexibility index (Phi) is 3.72. The van der Waals surface area contributed by atoms with Crippen LogP contribution in [0.2, 0.25) is 0 Å². The average molecular weight is 210 g/mol. The summed E-state index contributed by atoms with van der Waals surface area (Å²) in [6.07, 6.45) is 0. The largest absolute Gasteiger partial charge is 0.458 e. The van der Waals surface area contributed by atoms with E-state index in [1.165, 1.54) is 0 Å². The molecule has 0 spiro atoms. The van der Waals surface area contributed by atoms with Crippen LogP contribution < -0.4 is 5.32 Å². The van der Waals surface area contributed by atoms with E-state index in [2.05, 4.69) is 5.32 Å². The number of carbonyl (C=O) groups is 1. The number of ether oxygens (including phenoxy) is 1. The van der Waals surface area contributed by atoms with Gasteiger partial charge in [0.2, 0.25) is 0 Å². The molecule has 1 rings (SSSR count). The fourth-order valence-electron chi connectivity index (χ4n) is 0.879. The molecule has 0 amide bonds. The Labute approximate surface area is 84.1 Å². The highest BCUT2D eigenvalue weighted by Gasteiger charge is 2.45. The molecule has 78 valence electrons. The van der Waals surface area contributed by atoms with E-state index in [0.29, 0.717) is 13.1 Å². The quantitative estimate of drug-likeness (QED) is 0.601. The van der Waals surface area contributed by atoms with Gasteiger partial charge in [0.25, 0.3) is 0 Å². The molecule has 0 atom stereocenters. The molecule has 0 aliphatic carbocycles. The Hall–Kier alpha value is -0.320. The summed E-state index contributed by atoms with van der Waals surface area (Å²) in [5.74, 6) is -0.534. The second-order valence-electron chi connectivity index (χ2n) is 4.14. The first-order valence-corrected chi connectivity index (χ1v) is 4.00. The number of carbonyl (C=O) groups excluding carboxylic acids is 1. The number of esters is 1. The maximum Gasteiger partial charge on any atom is 0.341 e. The summed E-state index contributed by atoms with van der Waals surface area (Å²) in [5.41, 5.74) is -1.81. The van der Waals surface area contributed by atoms with Crippen LogP contribution in [0.5, 0.6) is 0 Å². The highest BCUT2D eigenvalue weighted by Crippen LogP contribution is 2.17. The number of hydrogen-bond acceptors (Lipinski definition) is 4. The van der Waals surface area contributed by atoms with Crippen molar-refractivity contribution in [1.82, 2.24) is 5.32 Å². The predicted octanol–water partition coefficient (Wildman–Crippen LogP) is 0.0842. The van der Waals surface area contributed by atoms with E-state index >= 15 is 0 Å². The van der Waals surface area contributed by atoms with Gasteiger partial charge in [-0.2, -0.15) is 0 Å². The first-order chi connectivity index (χ1) is 5.33. The lowest BCUT2D eigenvalue weighted by Crippen LogP contribution is -2.65. The highest BCUT2D eigenvalue weighted by atomic mass is 35.5. The molecule has 0 aromatic rings. The minimum atomic E-state index is -1.28. The van der Waals surface area contributed by atoms with E-state index in [-0.39, 0.29) is 12.4 Å². The molecule has 5 heteroatoms. The van der Waals surface area contributed by atoms with Crippen molar-refractivity contribution in [3.05, 3.63) is 0 Å². The number of β-amino-alcohol motifs (C(OH)–C–C–N with tert-alkyl or cyclic N) is 1. The van der Waals surface area contributed by atoms with E-state index < -0.39 is 17.2 Å². The van der Waals surface area contributed by atoms with Crippen molar-refractivity contribution >= 4 is 18.4 Å². The van der Waals surface area contributed by atoms with Crippen molar-refractivity contribution in [1.29, 1.82) is 0 Å². The maximum atomic E-state index is 11.3. The summed E-state index contributed by atoms with van der Waals surface area (Å²) in [6.45, 7) is 5.92. The minimum absolute atomic E-state index is 0. The zero-order chi connectivity index (χ0) is 9.41. The molecule has 0 saturated carbocycles. The lowest BCUT2D eigenvalue weighted by Gasteiger charge is -2.36. The molecule has 0 bridgehead atoms. The minimum Gasteiger partial charge on any atom is -0.458 e. The van der Waals surface area contributed by atoms with Gasteiger partial charge in [0, 0.05) is 13.1 Å². The van der Waals surface area contributed by atoms with Crippen LogP contribution in [0.1, 0.15) is 20.8 Å². The third kappa shape index (κ3) is 3.14. The molecule has 4 nitrogen and oxygen atoms in total. The molecular weight excluding hydrogens is 194 g/mol. The lowest BCUT2D eigenvalue weighted by atomic mass is 9.97. The fraction of sp³-hybridized carbons (Fsp3) is 0.875. The molecule has 0 aromatic carbocycles. The Morgan fingerprint density at radius 3 is 2.15 bits per heavy atom. The summed E-state index contributed by atoms with van der Waals surface area (Å²) in [4.78, 5) is 11.3. The van der Waals surface area contributed by atoms with Crippen molar-refractivity contribution < 1.29 is 14.6 Å². The number of aliphatic hydroxyl groups is 1. The van der Waals surface area contributed by atoms with Gasteiger partial charge in [0.15, 0.2) is 5.60 Å². The van der Waals surface area contributed by atoms with E-state index in [1.54, 1.807) is 20.8 Å². The highest BCUT2D eigenvalue weighted by molar-refractivity contribution is 5.85. The van der Waals surface area contributed by atoms with Gasteiger partial charge in [-0.25, -0.2) is 4.79 Å². The Balaban J connectivity index is 0.00000144. The smallest absolute Gasteiger partial charge is 0.341 e. The van der Waals surface area contributed by atoms with E-state index in [0.717, 1.165) is 0 Å². The van der Waals surface area contributed by atoms with Gasteiger partial charge in [-0.15, -0.1) is 12.4 Å². The second-order valence-corrected chi connectivity index (χ2v) is 4.14. The molecule has 1 heterocycles. The SMILES string of the molecule is CC(C)(C)OC(=O)C1(O)CNC1.Cl. The zero-order valence-corrected chi connectivity index (χ0v) is 8.90. The van der Waals surface area contributed by atoms with Crippen LogP contribution in [0.15, 0.2) is 0 Å². The molecule has 1 saturated heterocycles. The second kappa shape index (κ2) is 3.82. The van der Waals surface area contributed by atoms with Gasteiger partial charge in [0.05, 0.1) is 0 Å². The topological polar surface area (TPSA) is 58.6 Å². The van der Waals surface area contributed by atoms with Gasteiger partial charge in [-0.05, 0) is 20.8 Å². The normalized spacial score (nSPS) is 19.7. The third-order valence-electron chi connectivity index (χ3n) is 1.61. The fourth-order valence-corrected chi connectivity index (χ4v) is 0.879. The molecular formula is C8H16ClNO3. The van der Waals surface area contributed by atoms with Gasteiger partial charge in [0.1, 0.15) is 5.60 Å². The Morgan fingerprint density at radius 2 is 1.92 bits per heavy atom. The first kappa shape index (κ1) is 12.7. The van der Waals surface area contributed by atoms with Crippen molar-refractivity contribution in [2.45, 2.75) is 32.0 Å². The molecule has 1 aliphatic rings. The van der Waals surface area contributed by atoms with Crippen LogP contribution in [-0.4, -0.2) is 35.4 Å². The van der Waals surface area contributed by atoms with Gasteiger partial charge < -0.3 is 15.2 Å². The molecule has 1 fully saturated rings. The van der Waals surface area contributed by atoms with E-state index in [1.807, 2.05) is 0 Å². The van der Waals surface area contributed by atoms with Gasteiger partial charge in [-0.3, -0.25) is 0 Å². The summed E-state index contributed by atoms with van der Waals surface area (Å²) < 4.78 is 5.02. The first-order valence-electron chi connectivity index (χ1n) is 4.00. The Morgan fingerprint density at radius 1 is 1.46 bits per heavy atom. The third-order valence-corrected chi connectivity index (χ3v) is 1.61. The number of hydrogen-bond donors (Lipinski definition) is 2. The van der Waals surface area contributed by atoms with Crippen molar-refractivity contribution in [2.75, 3.05) is 13.1 Å². The lowest BCUT2D eigenvalue weighted by molar-refractivity contribution is -0.182. The van der Waals surface area contributed by atoms with Gasteiger partial charge >= 0.3 is 5.97 Å². The molecule has 1 aliphatic heterocycles. The number of nitrogens with one attached hydrogen (secondary N) is 1. The van der Waals surface area contributed by atoms with Crippen molar-refractivity contribution in [3.8, 4) is 0 Å².